The van der Waals surface area contributed by atoms with Crippen LogP contribution >= 0.6 is 11.6 Å². The van der Waals surface area contributed by atoms with E-state index < -0.39 is 10.0 Å². The Morgan fingerprint density at radius 3 is 2.36 bits per heavy atom. The van der Waals surface area contributed by atoms with E-state index >= 15 is 0 Å². The lowest BCUT2D eigenvalue weighted by atomic mass is 9.94. The SMILES string of the molecule is CN(CC(C)(C)CN)S(=O)(=O)c1cc2c(cc1Cl)OCCO2. The van der Waals surface area contributed by atoms with Gasteiger partial charge in [0.05, 0.1) is 5.02 Å². The van der Waals surface area contributed by atoms with Gasteiger partial charge in [-0.2, -0.15) is 0 Å². The van der Waals surface area contributed by atoms with Crippen molar-refractivity contribution in [3.05, 3.63) is 17.2 Å². The molecular formula is C14H21ClN2O4S. The van der Waals surface area contributed by atoms with E-state index in [1.54, 1.807) is 0 Å². The largest absolute Gasteiger partial charge is 0.486 e. The fraction of sp³-hybridized carbons (Fsp3) is 0.571. The molecule has 0 saturated heterocycles. The number of rotatable bonds is 5. The van der Waals surface area contributed by atoms with Crippen LogP contribution in [-0.4, -0.2) is 46.1 Å². The van der Waals surface area contributed by atoms with Gasteiger partial charge in [0.25, 0.3) is 0 Å². The number of hydrogen-bond acceptors (Lipinski definition) is 5. The Labute approximate surface area is 136 Å². The molecule has 124 valence electrons. The van der Waals surface area contributed by atoms with Gasteiger partial charge in [0.15, 0.2) is 11.5 Å². The molecule has 2 N–H and O–H groups in total. The van der Waals surface area contributed by atoms with E-state index in [1.807, 2.05) is 13.8 Å². The molecule has 0 amide bonds. The van der Waals surface area contributed by atoms with E-state index in [4.69, 9.17) is 26.8 Å². The van der Waals surface area contributed by atoms with E-state index in [-0.39, 0.29) is 21.9 Å². The molecule has 0 fully saturated rings. The van der Waals surface area contributed by atoms with Gasteiger partial charge in [0.2, 0.25) is 10.0 Å². The molecule has 8 heteroatoms. The second-order valence-electron chi connectivity index (χ2n) is 6.06. The lowest BCUT2D eigenvalue weighted by molar-refractivity contribution is 0.171. The van der Waals surface area contributed by atoms with Crippen molar-refractivity contribution in [2.75, 3.05) is 33.4 Å². The van der Waals surface area contributed by atoms with Gasteiger partial charge in [-0.05, 0) is 12.0 Å². The molecule has 1 aliphatic rings. The number of nitrogens with zero attached hydrogens (tertiary/aromatic N) is 1. The molecule has 0 radical (unpaired) electrons. The minimum absolute atomic E-state index is 0.00809. The monoisotopic (exact) mass is 348 g/mol. The van der Waals surface area contributed by atoms with Crippen LogP contribution in [0.3, 0.4) is 0 Å². The lowest BCUT2D eigenvalue weighted by Crippen LogP contribution is -2.39. The summed E-state index contributed by atoms with van der Waals surface area (Å²) in [5.74, 6) is 0.848. The summed E-state index contributed by atoms with van der Waals surface area (Å²) >= 11 is 6.13. The highest BCUT2D eigenvalue weighted by atomic mass is 35.5. The number of fused-ring (bicyclic) bond motifs is 1. The average Bonchev–Trinajstić information content (AvgIpc) is 2.45. The molecule has 1 heterocycles. The minimum Gasteiger partial charge on any atom is -0.486 e. The normalized spacial score (nSPS) is 15.2. The number of hydrogen-bond donors (Lipinski definition) is 1. The van der Waals surface area contributed by atoms with E-state index in [0.717, 1.165) is 0 Å². The minimum atomic E-state index is -3.74. The first-order valence-electron chi connectivity index (χ1n) is 6.93. The first kappa shape index (κ1) is 17.3. The second kappa shape index (κ2) is 6.23. The summed E-state index contributed by atoms with van der Waals surface area (Å²) < 4.78 is 37.6. The Balaban J connectivity index is 2.37. The summed E-state index contributed by atoms with van der Waals surface area (Å²) in [5.41, 5.74) is 5.34. The molecule has 1 aromatic carbocycles. The predicted molar refractivity (Wildman–Crippen MR) is 85.1 cm³/mol. The molecule has 6 nitrogen and oxygen atoms in total. The van der Waals surface area contributed by atoms with Crippen LogP contribution in [0.25, 0.3) is 0 Å². The molecular weight excluding hydrogens is 328 g/mol. The lowest BCUT2D eigenvalue weighted by Gasteiger charge is -2.29. The summed E-state index contributed by atoms with van der Waals surface area (Å²) in [4.78, 5) is 0.00809. The highest BCUT2D eigenvalue weighted by molar-refractivity contribution is 7.89. The van der Waals surface area contributed by atoms with Crippen LogP contribution in [0.1, 0.15) is 13.8 Å². The third-order valence-electron chi connectivity index (χ3n) is 3.49. The molecule has 0 saturated carbocycles. The number of nitrogens with two attached hydrogens (primary N) is 1. The Morgan fingerprint density at radius 2 is 1.82 bits per heavy atom. The number of halogens is 1. The van der Waals surface area contributed by atoms with Crippen LogP contribution in [0.5, 0.6) is 11.5 Å². The molecule has 0 bridgehead atoms. The third-order valence-corrected chi connectivity index (χ3v) is 5.76. The highest BCUT2D eigenvalue weighted by Gasteiger charge is 2.30. The molecule has 0 spiro atoms. The fourth-order valence-corrected chi connectivity index (χ4v) is 4.03. The molecule has 0 aromatic heterocycles. The zero-order valence-corrected chi connectivity index (χ0v) is 14.5. The van der Waals surface area contributed by atoms with Gasteiger partial charge < -0.3 is 15.2 Å². The van der Waals surface area contributed by atoms with E-state index in [9.17, 15) is 8.42 Å². The molecule has 1 aromatic rings. The number of sulfonamides is 1. The summed E-state index contributed by atoms with van der Waals surface area (Å²) in [6, 6.07) is 2.89. The van der Waals surface area contributed by atoms with Crippen LogP contribution in [0.15, 0.2) is 17.0 Å². The van der Waals surface area contributed by atoms with Gasteiger partial charge in [-0.1, -0.05) is 25.4 Å². The molecule has 1 aliphatic heterocycles. The third kappa shape index (κ3) is 3.48. The van der Waals surface area contributed by atoms with Gasteiger partial charge in [-0.3, -0.25) is 0 Å². The van der Waals surface area contributed by atoms with Gasteiger partial charge in [0.1, 0.15) is 18.1 Å². The first-order chi connectivity index (χ1) is 10.2. The second-order valence-corrected chi connectivity index (χ2v) is 8.48. The Morgan fingerprint density at radius 1 is 1.27 bits per heavy atom. The first-order valence-corrected chi connectivity index (χ1v) is 8.75. The van der Waals surface area contributed by atoms with Crippen molar-refractivity contribution in [2.45, 2.75) is 18.7 Å². The zero-order valence-electron chi connectivity index (χ0n) is 12.9. The van der Waals surface area contributed by atoms with Crippen LogP contribution in [0.2, 0.25) is 5.02 Å². The van der Waals surface area contributed by atoms with Crippen molar-refractivity contribution in [2.24, 2.45) is 11.1 Å². The highest BCUT2D eigenvalue weighted by Crippen LogP contribution is 2.38. The predicted octanol–water partition coefficient (Wildman–Crippen LogP) is 1.72. The summed E-state index contributed by atoms with van der Waals surface area (Å²) in [5, 5.41) is 0.113. The van der Waals surface area contributed by atoms with Crippen molar-refractivity contribution < 1.29 is 17.9 Å². The van der Waals surface area contributed by atoms with Crippen molar-refractivity contribution in [1.82, 2.24) is 4.31 Å². The number of ether oxygens (including phenoxy) is 2. The van der Waals surface area contributed by atoms with Crippen LogP contribution < -0.4 is 15.2 Å². The van der Waals surface area contributed by atoms with Crippen LogP contribution in [0.4, 0.5) is 0 Å². The van der Waals surface area contributed by atoms with Crippen LogP contribution in [-0.2, 0) is 10.0 Å². The van der Waals surface area contributed by atoms with Gasteiger partial charge in [0, 0.05) is 25.7 Å². The Bertz CT molecular complexity index is 661. The van der Waals surface area contributed by atoms with Crippen LogP contribution in [0, 0.1) is 5.41 Å². The topological polar surface area (TPSA) is 81.9 Å². The van der Waals surface area contributed by atoms with E-state index in [1.165, 1.54) is 23.5 Å². The van der Waals surface area contributed by atoms with E-state index in [2.05, 4.69) is 0 Å². The quantitative estimate of drug-likeness (QED) is 0.876. The van der Waals surface area contributed by atoms with Crippen molar-refractivity contribution in [3.8, 4) is 11.5 Å². The Hall–Kier alpha value is -1.02. The van der Waals surface area contributed by atoms with Crippen molar-refractivity contribution >= 4 is 21.6 Å². The van der Waals surface area contributed by atoms with Gasteiger partial charge in [-0.15, -0.1) is 0 Å². The Kier molecular flexibility index (Phi) is 4.91. The molecule has 22 heavy (non-hydrogen) atoms. The molecule has 0 aliphatic carbocycles. The fourth-order valence-electron chi connectivity index (χ4n) is 2.16. The zero-order chi connectivity index (χ0) is 16.5. The maximum absolute atomic E-state index is 12.7. The van der Waals surface area contributed by atoms with E-state index in [0.29, 0.717) is 31.3 Å². The van der Waals surface area contributed by atoms with Crippen molar-refractivity contribution in [1.29, 1.82) is 0 Å². The smallest absolute Gasteiger partial charge is 0.244 e. The molecule has 2 rings (SSSR count). The average molecular weight is 349 g/mol. The maximum atomic E-state index is 12.7. The summed E-state index contributed by atoms with van der Waals surface area (Å²) in [6.45, 7) is 5.28. The summed E-state index contributed by atoms with van der Waals surface area (Å²) in [6.07, 6.45) is 0. The molecule has 0 unspecified atom stereocenters. The maximum Gasteiger partial charge on any atom is 0.244 e. The van der Waals surface area contributed by atoms with Gasteiger partial charge in [-0.25, -0.2) is 12.7 Å². The summed E-state index contributed by atoms with van der Waals surface area (Å²) in [7, 11) is -2.22. The van der Waals surface area contributed by atoms with Gasteiger partial charge >= 0.3 is 0 Å². The molecule has 0 atom stereocenters. The standard InChI is InChI=1S/C14H21ClN2O4S/c1-14(2,8-16)9-17(3)22(18,19)13-7-12-11(6-10(13)15)20-4-5-21-12/h6-7H,4-5,8-9,16H2,1-3H3. The van der Waals surface area contributed by atoms with Crippen molar-refractivity contribution in [3.63, 3.8) is 0 Å². The number of benzene rings is 1.